The summed E-state index contributed by atoms with van der Waals surface area (Å²) in [5.41, 5.74) is 1.11. The van der Waals surface area contributed by atoms with Gasteiger partial charge in [0, 0.05) is 17.2 Å². The normalized spacial score (nSPS) is 10.7. The zero-order valence-electron chi connectivity index (χ0n) is 10.4. The number of pyridine rings is 1. The molecule has 0 fully saturated rings. The fraction of sp³-hybridized carbons (Fsp3) is 0.615. The number of hydrogen-bond donors (Lipinski definition) is 1. The van der Waals surface area contributed by atoms with E-state index < -0.39 is 0 Å². The Bertz CT molecular complexity index is 290. The summed E-state index contributed by atoms with van der Waals surface area (Å²) < 4.78 is 1.04. The number of thioether (sulfide) groups is 1. The molecule has 0 aromatic carbocycles. The Kier molecular flexibility index (Phi) is 8.75. The second kappa shape index (κ2) is 9.92. The highest BCUT2D eigenvalue weighted by atomic mass is 79.9. The molecule has 96 valence electrons. The molecule has 1 heterocycles. The zero-order chi connectivity index (χ0) is 12.3. The second-order valence-electron chi connectivity index (χ2n) is 4.05. The van der Waals surface area contributed by atoms with Crippen molar-refractivity contribution in [2.24, 2.45) is 0 Å². The Balaban J connectivity index is 1.95. The van der Waals surface area contributed by atoms with Crippen LogP contribution in [0.15, 0.2) is 22.8 Å². The van der Waals surface area contributed by atoms with E-state index in [2.05, 4.69) is 38.6 Å². The predicted octanol–water partition coefficient (Wildman–Crippen LogP) is 3.86. The number of halogens is 1. The number of nitrogens with one attached hydrogen (secondary N) is 1. The Morgan fingerprint density at radius 2 is 2.06 bits per heavy atom. The second-order valence-corrected chi connectivity index (χ2v) is 5.95. The van der Waals surface area contributed by atoms with Crippen molar-refractivity contribution in [2.75, 3.05) is 18.6 Å². The van der Waals surface area contributed by atoms with Crippen molar-refractivity contribution in [1.82, 2.24) is 10.3 Å². The van der Waals surface area contributed by atoms with Crippen LogP contribution in [0, 0.1) is 0 Å². The van der Waals surface area contributed by atoms with E-state index in [1.165, 1.54) is 31.4 Å². The Hall–Kier alpha value is -0.0600. The Labute approximate surface area is 117 Å². The third kappa shape index (κ3) is 7.79. The van der Waals surface area contributed by atoms with E-state index in [-0.39, 0.29) is 0 Å². The number of nitrogens with zero attached hydrogens (tertiary/aromatic N) is 1. The number of rotatable bonds is 9. The summed E-state index contributed by atoms with van der Waals surface area (Å²) in [5.74, 6) is 1.30. The monoisotopic (exact) mass is 316 g/mol. The highest BCUT2D eigenvalue weighted by Gasteiger charge is 1.94. The molecule has 0 radical (unpaired) electrons. The predicted molar refractivity (Wildman–Crippen MR) is 80.5 cm³/mol. The third-order valence-corrected chi connectivity index (χ3v) is 3.71. The van der Waals surface area contributed by atoms with Gasteiger partial charge in [-0.15, -0.1) is 0 Å². The molecule has 17 heavy (non-hydrogen) atoms. The zero-order valence-corrected chi connectivity index (χ0v) is 12.8. The van der Waals surface area contributed by atoms with Crippen molar-refractivity contribution >= 4 is 27.7 Å². The molecule has 4 heteroatoms. The van der Waals surface area contributed by atoms with Crippen LogP contribution in [-0.4, -0.2) is 23.5 Å². The highest BCUT2D eigenvalue weighted by Crippen LogP contribution is 2.07. The molecule has 0 atom stereocenters. The summed E-state index contributed by atoms with van der Waals surface area (Å²) in [6, 6.07) is 4.09. The van der Waals surface area contributed by atoms with Gasteiger partial charge < -0.3 is 5.32 Å². The maximum absolute atomic E-state index is 4.32. The molecule has 0 bridgehead atoms. The summed E-state index contributed by atoms with van der Waals surface area (Å²) >= 11 is 5.32. The minimum Gasteiger partial charge on any atom is -0.311 e. The molecular formula is C13H21BrN2S. The highest BCUT2D eigenvalue weighted by molar-refractivity contribution is 9.10. The van der Waals surface area contributed by atoms with Gasteiger partial charge in [-0.25, -0.2) is 0 Å². The lowest BCUT2D eigenvalue weighted by Gasteiger charge is -2.04. The van der Waals surface area contributed by atoms with Crippen molar-refractivity contribution in [3.63, 3.8) is 0 Å². The Morgan fingerprint density at radius 1 is 1.24 bits per heavy atom. The van der Waals surface area contributed by atoms with E-state index in [1.54, 1.807) is 0 Å². The van der Waals surface area contributed by atoms with Gasteiger partial charge in [0.1, 0.15) is 0 Å². The molecule has 0 unspecified atom stereocenters. The molecule has 0 saturated heterocycles. The van der Waals surface area contributed by atoms with Gasteiger partial charge in [-0.2, -0.15) is 11.8 Å². The van der Waals surface area contributed by atoms with Crippen molar-refractivity contribution in [3.05, 3.63) is 28.5 Å². The number of unbranched alkanes of at least 4 members (excludes halogenated alkanes) is 3. The summed E-state index contributed by atoms with van der Waals surface area (Å²) in [5, 5.41) is 3.43. The molecule has 1 aromatic heterocycles. The standard InChI is InChI=1S/C13H21BrN2S/c1-17-9-5-3-2-4-8-15-11-13-7-6-12(14)10-16-13/h6-7,10,15H,2-5,8-9,11H2,1H3. The molecule has 0 spiro atoms. The van der Waals surface area contributed by atoms with E-state index >= 15 is 0 Å². The van der Waals surface area contributed by atoms with E-state index in [0.29, 0.717) is 0 Å². The maximum atomic E-state index is 4.32. The number of hydrogen-bond acceptors (Lipinski definition) is 3. The van der Waals surface area contributed by atoms with Crippen LogP contribution in [0.5, 0.6) is 0 Å². The van der Waals surface area contributed by atoms with Gasteiger partial charge >= 0.3 is 0 Å². The smallest absolute Gasteiger partial charge is 0.0542 e. The van der Waals surface area contributed by atoms with E-state index in [9.17, 15) is 0 Å². The molecule has 0 saturated carbocycles. The first-order chi connectivity index (χ1) is 8.33. The van der Waals surface area contributed by atoms with Gasteiger partial charge in [0.15, 0.2) is 0 Å². The molecule has 1 aromatic rings. The topological polar surface area (TPSA) is 24.9 Å². The van der Waals surface area contributed by atoms with Gasteiger partial charge in [0.25, 0.3) is 0 Å². The molecule has 0 aliphatic heterocycles. The summed E-state index contributed by atoms with van der Waals surface area (Å²) in [6.07, 6.45) is 9.34. The fourth-order valence-electron chi connectivity index (χ4n) is 1.58. The van der Waals surface area contributed by atoms with Crippen LogP contribution < -0.4 is 5.32 Å². The summed E-state index contributed by atoms with van der Waals surface area (Å²) in [6.45, 7) is 1.97. The lowest BCUT2D eigenvalue weighted by atomic mass is 10.2. The van der Waals surface area contributed by atoms with Crippen LogP contribution in [0.3, 0.4) is 0 Å². The van der Waals surface area contributed by atoms with Crippen LogP contribution in [0.2, 0.25) is 0 Å². The van der Waals surface area contributed by atoms with Crippen LogP contribution in [-0.2, 0) is 6.54 Å². The number of aromatic nitrogens is 1. The van der Waals surface area contributed by atoms with Gasteiger partial charge in [0.2, 0.25) is 0 Å². The molecule has 1 N–H and O–H groups in total. The third-order valence-electron chi connectivity index (χ3n) is 2.55. The van der Waals surface area contributed by atoms with Crippen molar-refractivity contribution < 1.29 is 0 Å². The quantitative estimate of drug-likeness (QED) is 0.700. The van der Waals surface area contributed by atoms with Gasteiger partial charge in [-0.05, 0) is 59.5 Å². The van der Waals surface area contributed by atoms with Gasteiger partial charge in [0.05, 0.1) is 5.69 Å². The largest absolute Gasteiger partial charge is 0.311 e. The molecular weight excluding hydrogens is 296 g/mol. The summed E-state index contributed by atoms with van der Waals surface area (Å²) in [4.78, 5) is 4.32. The average molecular weight is 317 g/mol. The van der Waals surface area contributed by atoms with Crippen molar-refractivity contribution in [3.8, 4) is 0 Å². The lowest BCUT2D eigenvalue weighted by molar-refractivity contribution is 0.595. The van der Waals surface area contributed by atoms with Gasteiger partial charge in [-0.3, -0.25) is 4.98 Å². The first-order valence-corrected chi connectivity index (χ1v) is 8.31. The van der Waals surface area contributed by atoms with Crippen molar-refractivity contribution in [1.29, 1.82) is 0 Å². The summed E-state index contributed by atoms with van der Waals surface area (Å²) in [7, 11) is 0. The molecule has 0 amide bonds. The molecule has 2 nitrogen and oxygen atoms in total. The first-order valence-electron chi connectivity index (χ1n) is 6.13. The SMILES string of the molecule is CSCCCCCCNCc1ccc(Br)cn1. The van der Waals surface area contributed by atoms with Crippen LogP contribution in [0.4, 0.5) is 0 Å². The molecule has 1 rings (SSSR count). The maximum Gasteiger partial charge on any atom is 0.0542 e. The van der Waals surface area contributed by atoms with Crippen LogP contribution in [0.25, 0.3) is 0 Å². The lowest BCUT2D eigenvalue weighted by Crippen LogP contribution is -2.15. The fourth-order valence-corrected chi connectivity index (χ4v) is 2.30. The molecule has 0 aliphatic rings. The van der Waals surface area contributed by atoms with E-state index in [4.69, 9.17) is 0 Å². The van der Waals surface area contributed by atoms with Crippen molar-refractivity contribution in [2.45, 2.75) is 32.2 Å². The van der Waals surface area contributed by atoms with Crippen LogP contribution in [0.1, 0.15) is 31.4 Å². The van der Waals surface area contributed by atoms with E-state index in [0.717, 1.165) is 23.3 Å². The van der Waals surface area contributed by atoms with E-state index in [1.807, 2.05) is 24.0 Å². The Morgan fingerprint density at radius 3 is 2.76 bits per heavy atom. The van der Waals surface area contributed by atoms with Gasteiger partial charge in [-0.1, -0.05) is 12.8 Å². The minimum absolute atomic E-state index is 0.873. The van der Waals surface area contributed by atoms with Crippen LogP contribution >= 0.6 is 27.7 Å². The average Bonchev–Trinajstić information content (AvgIpc) is 2.35. The molecule has 0 aliphatic carbocycles. The minimum atomic E-state index is 0.873. The first kappa shape index (κ1) is 15.0.